The van der Waals surface area contributed by atoms with Crippen molar-refractivity contribution < 1.29 is 19.1 Å². The Morgan fingerprint density at radius 3 is 2.45 bits per heavy atom. The normalized spacial score (nSPS) is 10.4. The molecule has 5 nitrogen and oxygen atoms in total. The summed E-state index contributed by atoms with van der Waals surface area (Å²) >= 11 is 1.33. The number of ether oxygens (including phenoxy) is 2. The predicted molar refractivity (Wildman–Crippen MR) is 116 cm³/mol. The van der Waals surface area contributed by atoms with Gasteiger partial charge in [-0.1, -0.05) is 36.4 Å². The van der Waals surface area contributed by atoms with Crippen molar-refractivity contribution in [3.63, 3.8) is 0 Å². The van der Waals surface area contributed by atoms with Crippen LogP contribution in [0.25, 0.3) is 10.4 Å². The van der Waals surface area contributed by atoms with Gasteiger partial charge in [-0.3, -0.25) is 4.79 Å². The third kappa shape index (κ3) is 5.23. The zero-order valence-electron chi connectivity index (χ0n) is 16.7. The maximum absolute atomic E-state index is 12.4. The highest BCUT2D eigenvalue weighted by atomic mass is 32.1. The smallest absolute Gasteiger partial charge is 0.341 e. The molecule has 0 spiro atoms. The standard InChI is InChI=1S/C23H23NO4S/c1-4-27-23(26)19-13-20(17-8-6-5-7-9-17)29-22(19)24-21(25)14-28-18-11-10-15(2)16(3)12-18/h5-13H,4,14H2,1-3H3,(H,24,25). The summed E-state index contributed by atoms with van der Waals surface area (Å²) in [7, 11) is 0. The first kappa shape index (κ1) is 20.6. The molecular weight excluding hydrogens is 386 g/mol. The van der Waals surface area contributed by atoms with E-state index in [0.29, 0.717) is 16.3 Å². The fourth-order valence-electron chi connectivity index (χ4n) is 2.70. The molecule has 3 aromatic rings. The number of aryl methyl sites for hydroxylation is 2. The molecule has 0 bridgehead atoms. The molecule has 6 heteroatoms. The molecule has 3 rings (SSSR count). The van der Waals surface area contributed by atoms with E-state index in [1.54, 1.807) is 13.0 Å². The number of thiophene rings is 1. The Morgan fingerprint density at radius 1 is 1.00 bits per heavy atom. The van der Waals surface area contributed by atoms with E-state index in [2.05, 4.69) is 5.32 Å². The van der Waals surface area contributed by atoms with Crippen molar-refractivity contribution in [3.8, 4) is 16.2 Å². The Bertz CT molecular complexity index is 1010. The summed E-state index contributed by atoms with van der Waals surface area (Å²) < 4.78 is 10.7. The maximum Gasteiger partial charge on any atom is 0.341 e. The molecule has 0 unspecified atom stereocenters. The molecule has 1 amide bonds. The van der Waals surface area contributed by atoms with Gasteiger partial charge in [-0.25, -0.2) is 4.79 Å². The lowest BCUT2D eigenvalue weighted by molar-refractivity contribution is -0.118. The van der Waals surface area contributed by atoms with Gasteiger partial charge in [0.25, 0.3) is 5.91 Å². The quantitative estimate of drug-likeness (QED) is 0.543. The van der Waals surface area contributed by atoms with E-state index in [1.807, 2.05) is 62.4 Å². The zero-order chi connectivity index (χ0) is 20.8. The Hall–Kier alpha value is -3.12. The van der Waals surface area contributed by atoms with Gasteiger partial charge in [0.1, 0.15) is 10.8 Å². The van der Waals surface area contributed by atoms with Crippen molar-refractivity contribution in [1.82, 2.24) is 0 Å². The monoisotopic (exact) mass is 409 g/mol. The lowest BCUT2D eigenvalue weighted by Gasteiger charge is -2.09. The third-order valence-corrected chi connectivity index (χ3v) is 5.49. The second kappa shape index (κ2) is 9.39. The molecule has 0 aliphatic rings. The molecule has 0 fully saturated rings. The van der Waals surface area contributed by atoms with Gasteiger partial charge in [0.2, 0.25) is 0 Å². The number of amides is 1. The van der Waals surface area contributed by atoms with Gasteiger partial charge in [0.15, 0.2) is 6.61 Å². The van der Waals surface area contributed by atoms with Crippen LogP contribution in [0.5, 0.6) is 5.75 Å². The van der Waals surface area contributed by atoms with Gasteiger partial charge in [0.05, 0.1) is 12.2 Å². The maximum atomic E-state index is 12.4. The second-order valence-electron chi connectivity index (χ2n) is 6.52. The minimum Gasteiger partial charge on any atom is -0.484 e. The van der Waals surface area contributed by atoms with Crippen molar-refractivity contribution in [2.24, 2.45) is 0 Å². The molecule has 2 aromatic carbocycles. The van der Waals surface area contributed by atoms with Crippen molar-refractivity contribution in [2.75, 3.05) is 18.5 Å². The largest absolute Gasteiger partial charge is 0.484 e. The van der Waals surface area contributed by atoms with Gasteiger partial charge < -0.3 is 14.8 Å². The zero-order valence-corrected chi connectivity index (χ0v) is 17.5. The van der Waals surface area contributed by atoms with Crippen LogP contribution in [-0.4, -0.2) is 25.1 Å². The van der Waals surface area contributed by atoms with E-state index in [9.17, 15) is 9.59 Å². The number of benzene rings is 2. The van der Waals surface area contributed by atoms with Crippen LogP contribution in [-0.2, 0) is 9.53 Å². The number of esters is 1. The molecule has 29 heavy (non-hydrogen) atoms. The van der Waals surface area contributed by atoms with E-state index in [1.165, 1.54) is 11.3 Å². The van der Waals surface area contributed by atoms with Crippen LogP contribution in [0.3, 0.4) is 0 Å². The van der Waals surface area contributed by atoms with Crippen LogP contribution < -0.4 is 10.1 Å². The molecule has 1 heterocycles. The average Bonchev–Trinajstić information content (AvgIpc) is 3.13. The number of hydrogen-bond acceptors (Lipinski definition) is 5. The lowest BCUT2D eigenvalue weighted by atomic mass is 10.1. The van der Waals surface area contributed by atoms with Crippen molar-refractivity contribution in [2.45, 2.75) is 20.8 Å². The molecule has 150 valence electrons. The van der Waals surface area contributed by atoms with Crippen LogP contribution in [0, 0.1) is 13.8 Å². The van der Waals surface area contributed by atoms with Crippen LogP contribution in [0.4, 0.5) is 5.00 Å². The number of rotatable bonds is 7. The van der Waals surface area contributed by atoms with Gasteiger partial charge in [-0.15, -0.1) is 11.3 Å². The van der Waals surface area contributed by atoms with Gasteiger partial charge >= 0.3 is 5.97 Å². The van der Waals surface area contributed by atoms with Gasteiger partial charge in [-0.05, 0) is 55.7 Å². The predicted octanol–water partition coefficient (Wildman–Crippen LogP) is 5.23. The lowest BCUT2D eigenvalue weighted by Crippen LogP contribution is -2.21. The summed E-state index contributed by atoms with van der Waals surface area (Å²) in [6.45, 7) is 5.87. The fraction of sp³-hybridized carbons (Fsp3) is 0.217. The van der Waals surface area contributed by atoms with E-state index in [0.717, 1.165) is 21.6 Å². The van der Waals surface area contributed by atoms with E-state index in [-0.39, 0.29) is 19.1 Å². The first-order valence-corrected chi connectivity index (χ1v) is 10.2. The summed E-state index contributed by atoms with van der Waals surface area (Å²) in [5.74, 6) is -0.170. The number of hydrogen-bond donors (Lipinski definition) is 1. The van der Waals surface area contributed by atoms with Gasteiger partial charge in [-0.2, -0.15) is 0 Å². The van der Waals surface area contributed by atoms with E-state index < -0.39 is 5.97 Å². The van der Waals surface area contributed by atoms with Crippen LogP contribution in [0.15, 0.2) is 54.6 Å². The molecule has 0 atom stereocenters. The van der Waals surface area contributed by atoms with Crippen LogP contribution in [0.1, 0.15) is 28.4 Å². The number of carbonyl (C=O) groups excluding carboxylic acids is 2. The number of carbonyl (C=O) groups is 2. The van der Waals surface area contributed by atoms with Crippen LogP contribution in [0.2, 0.25) is 0 Å². The molecule has 1 N–H and O–H groups in total. The van der Waals surface area contributed by atoms with Gasteiger partial charge in [0, 0.05) is 4.88 Å². The SMILES string of the molecule is CCOC(=O)c1cc(-c2ccccc2)sc1NC(=O)COc1ccc(C)c(C)c1. The third-order valence-electron chi connectivity index (χ3n) is 4.39. The molecule has 0 aliphatic carbocycles. The Balaban J connectivity index is 1.75. The molecule has 0 radical (unpaired) electrons. The minimum atomic E-state index is -0.462. The molecular formula is C23H23NO4S. The van der Waals surface area contributed by atoms with Crippen LogP contribution >= 0.6 is 11.3 Å². The number of anilines is 1. The fourth-order valence-corrected chi connectivity index (χ4v) is 3.77. The second-order valence-corrected chi connectivity index (χ2v) is 7.58. The topological polar surface area (TPSA) is 64.6 Å². The summed E-state index contributed by atoms with van der Waals surface area (Å²) in [6, 6.07) is 17.1. The van der Waals surface area contributed by atoms with E-state index in [4.69, 9.17) is 9.47 Å². The Kier molecular flexibility index (Phi) is 6.67. The molecule has 0 saturated heterocycles. The summed E-state index contributed by atoms with van der Waals surface area (Å²) in [4.78, 5) is 25.7. The highest BCUT2D eigenvalue weighted by molar-refractivity contribution is 7.20. The number of nitrogens with one attached hydrogen (secondary N) is 1. The first-order chi connectivity index (χ1) is 14.0. The molecule has 0 saturated carbocycles. The minimum absolute atomic E-state index is 0.149. The summed E-state index contributed by atoms with van der Waals surface area (Å²) in [5.41, 5.74) is 3.57. The Labute approximate surface area is 174 Å². The highest BCUT2D eigenvalue weighted by Gasteiger charge is 2.20. The van der Waals surface area contributed by atoms with Crippen molar-refractivity contribution in [1.29, 1.82) is 0 Å². The molecule has 1 aromatic heterocycles. The van der Waals surface area contributed by atoms with Crippen molar-refractivity contribution >= 4 is 28.2 Å². The summed E-state index contributed by atoms with van der Waals surface area (Å²) in [5, 5.41) is 3.24. The molecule has 0 aliphatic heterocycles. The highest BCUT2D eigenvalue weighted by Crippen LogP contribution is 2.36. The first-order valence-electron chi connectivity index (χ1n) is 9.34. The average molecular weight is 410 g/mol. The Morgan fingerprint density at radius 2 is 1.76 bits per heavy atom. The summed E-state index contributed by atoms with van der Waals surface area (Å²) in [6.07, 6.45) is 0. The van der Waals surface area contributed by atoms with Crippen molar-refractivity contribution in [3.05, 3.63) is 71.3 Å². The van der Waals surface area contributed by atoms with E-state index >= 15 is 0 Å².